The van der Waals surface area contributed by atoms with Crippen molar-refractivity contribution in [2.45, 2.75) is 26.3 Å². The second kappa shape index (κ2) is 5.20. The standard InChI is InChI=1S/C14H16N4OS/c1-3-15-14-17-16-12(20-14)13(19)18-9(2)8-10-6-4-5-7-11(10)18/h4-7,9H,3,8H2,1-2H3,(H,15,17). The first-order chi connectivity index (χ1) is 9.70. The number of nitrogens with one attached hydrogen (secondary N) is 1. The van der Waals surface area contributed by atoms with Gasteiger partial charge in [0.2, 0.25) is 10.1 Å². The Morgan fingerprint density at radius 2 is 2.25 bits per heavy atom. The first kappa shape index (κ1) is 13.1. The number of anilines is 2. The molecule has 104 valence electrons. The van der Waals surface area contributed by atoms with E-state index in [9.17, 15) is 4.79 Å². The van der Waals surface area contributed by atoms with Crippen LogP contribution in [0.1, 0.15) is 29.2 Å². The molecule has 1 atom stereocenters. The molecule has 1 aliphatic heterocycles. The highest BCUT2D eigenvalue weighted by atomic mass is 32.1. The molecule has 0 spiro atoms. The average Bonchev–Trinajstić information content (AvgIpc) is 3.02. The van der Waals surface area contributed by atoms with Crippen LogP contribution in [0.2, 0.25) is 0 Å². The summed E-state index contributed by atoms with van der Waals surface area (Å²) in [7, 11) is 0. The maximum atomic E-state index is 12.6. The number of aromatic nitrogens is 2. The van der Waals surface area contributed by atoms with E-state index < -0.39 is 0 Å². The molecule has 1 aromatic heterocycles. The van der Waals surface area contributed by atoms with Crippen LogP contribution in [0.4, 0.5) is 10.8 Å². The van der Waals surface area contributed by atoms with Gasteiger partial charge in [0.1, 0.15) is 0 Å². The number of para-hydroxylation sites is 1. The van der Waals surface area contributed by atoms with Crippen molar-refractivity contribution < 1.29 is 4.79 Å². The molecule has 2 heterocycles. The molecule has 20 heavy (non-hydrogen) atoms. The summed E-state index contributed by atoms with van der Waals surface area (Å²) in [6.07, 6.45) is 0.890. The third-order valence-electron chi connectivity index (χ3n) is 3.36. The normalized spacial score (nSPS) is 17.1. The van der Waals surface area contributed by atoms with Gasteiger partial charge in [0.15, 0.2) is 0 Å². The van der Waals surface area contributed by atoms with Crippen molar-refractivity contribution >= 4 is 28.1 Å². The van der Waals surface area contributed by atoms with Crippen molar-refractivity contribution in [1.82, 2.24) is 10.2 Å². The molecule has 1 N–H and O–H groups in total. The molecule has 0 aliphatic carbocycles. The predicted octanol–water partition coefficient (Wildman–Crippen LogP) is 2.56. The predicted molar refractivity (Wildman–Crippen MR) is 80.5 cm³/mol. The lowest BCUT2D eigenvalue weighted by Crippen LogP contribution is -2.35. The molecule has 1 aromatic carbocycles. The number of hydrogen-bond donors (Lipinski definition) is 1. The topological polar surface area (TPSA) is 58.1 Å². The van der Waals surface area contributed by atoms with Gasteiger partial charge in [-0.05, 0) is 31.9 Å². The van der Waals surface area contributed by atoms with Crippen LogP contribution in [-0.4, -0.2) is 28.7 Å². The summed E-state index contributed by atoms with van der Waals surface area (Å²) in [5, 5.41) is 12.2. The minimum atomic E-state index is -0.0656. The number of rotatable bonds is 3. The zero-order valence-electron chi connectivity index (χ0n) is 11.5. The van der Waals surface area contributed by atoms with Gasteiger partial charge in [-0.2, -0.15) is 0 Å². The lowest BCUT2D eigenvalue weighted by Gasteiger charge is -2.21. The summed E-state index contributed by atoms with van der Waals surface area (Å²) in [5.41, 5.74) is 2.20. The van der Waals surface area contributed by atoms with E-state index in [1.165, 1.54) is 16.9 Å². The molecule has 3 rings (SSSR count). The van der Waals surface area contributed by atoms with Crippen molar-refractivity contribution in [3.05, 3.63) is 34.8 Å². The summed E-state index contributed by atoms with van der Waals surface area (Å²) in [6, 6.07) is 8.19. The largest absolute Gasteiger partial charge is 0.360 e. The maximum absolute atomic E-state index is 12.6. The number of carbonyl (C=O) groups excluding carboxylic acids is 1. The number of nitrogens with zero attached hydrogens (tertiary/aromatic N) is 3. The smallest absolute Gasteiger partial charge is 0.289 e. The van der Waals surface area contributed by atoms with Crippen molar-refractivity contribution in [3.63, 3.8) is 0 Å². The fraction of sp³-hybridized carbons (Fsp3) is 0.357. The van der Waals surface area contributed by atoms with E-state index in [-0.39, 0.29) is 11.9 Å². The second-order valence-electron chi connectivity index (χ2n) is 4.80. The average molecular weight is 288 g/mol. The van der Waals surface area contributed by atoms with E-state index in [0.717, 1.165) is 18.7 Å². The van der Waals surface area contributed by atoms with Crippen LogP contribution in [0, 0.1) is 0 Å². The Morgan fingerprint density at radius 1 is 1.45 bits per heavy atom. The maximum Gasteiger partial charge on any atom is 0.289 e. The van der Waals surface area contributed by atoms with E-state index in [2.05, 4.69) is 28.5 Å². The Balaban J connectivity index is 1.90. The zero-order valence-corrected chi connectivity index (χ0v) is 12.3. The molecule has 1 aliphatic rings. The van der Waals surface area contributed by atoms with Gasteiger partial charge in [0.25, 0.3) is 5.91 Å². The van der Waals surface area contributed by atoms with Gasteiger partial charge in [0, 0.05) is 18.3 Å². The third kappa shape index (κ3) is 2.16. The highest BCUT2D eigenvalue weighted by Gasteiger charge is 2.32. The fourth-order valence-electron chi connectivity index (χ4n) is 2.51. The summed E-state index contributed by atoms with van der Waals surface area (Å²) in [5.74, 6) is -0.0656. The molecule has 0 radical (unpaired) electrons. The van der Waals surface area contributed by atoms with Gasteiger partial charge in [-0.3, -0.25) is 4.79 Å². The van der Waals surface area contributed by atoms with Gasteiger partial charge >= 0.3 is 0 Å². The molecule has 0 saturated carbocycles. The van der Waals surface area contributed by atoms with Crippen molar-refractivity contribution in [2.24, 2.45) is 0 Å². The highest BCUT2D eigenvalue weighted by Crippen LogP contribution is 2.33. The monoisotopic (exact) mass is 288 g/mol. The van der Waals surface area contributed by atoms with Crippen LogP contribution in [0.5, 0.6) is 0 Å². The first-order valence-corrected chi connectivity index (χ1v) is 7.51. The van der Waals surface area contributed by atoms with E-state index in [1.807, 2.05) is 30.0 Å². The van der Waals surface area contributed by atoms with Gasteiger partial charge in [-0.15, -0.1) is 10.2 Å². The fourth-order valence-corrected chi connectivity index (χ4v) is 3.26. The van der Waals surface area contributed by atoms with Gasteiger partial charge < -0.3 is 10.2 Å². The third-order valence-corrected chi connectivity index (χ3v) is 4.23. The second-order valence-corrected chi connectivity index (χ2v) is 5.78. The number of fused-ring (bicyclic) bond motifs is 1. The SMILES string of the molecule is CCNc1nnc(C(=O)N2c3ccccc3CC2C)s1. The molecular weight excluding hydrogens is 272 g/mol. The summed E-state index contributed by atoms with van der Waals surface area (Å²) < 4.78 is 0. The molecule has 0 fully saturated rings. The van der Waals surface area contributed by atoms with Crippen molar-refractivity contribution in [2.75, 3.05) is 16.8 Å². The Bertz CT molecular complexity index is 640. The van der Waals surface area contributed by atoms with Crippen molar-refractivity contribution in [1.29, 1.82) is 0 Å². The highest BCUT2D eigenvalue weighted by molar-refractivity contribution is 7.17. The molecule has 5 nitrogen and oxygen atoms in total. The van der Waals surface area contributed by atoms with Crippen LogP contribution < -0.4 is 10.2 Å². The molecule has 0 saturated heterocycles. The summed E-state index contributed by atoms with van der Waals surface area (Å²) >= 11 is 1.30. The lowest BCUT2D eigenvalue weighted by molar-refractivity contribution is 0.0980. The van der Waals surface area contributed by atoms with Crippen molar-refractivity contribution in [3.8, 4) is 0 Å². The quantitative estimate of drug-likeness (QED) is 0.943. The van der Waals surface area contributed by atoms with E-state index in [1.54, 1.807) is 0 Å². The minimum absolute atomic E-state index is 0.0656. The molecule has 2 aromatic rings. The lowest BCUT2D eigenvalue weighted by atomic mass is 10.1. The molecule has 1 amide bonds. The zero-order chi connectivity index (χ0) is 14.1. The van der Waals surface area contributed by atoms with Gasteiger partial charge in [-0.25, -0.2) is 0 Å². The Labute approximate surface area is 121 Å². The number of carbonyl (C=O) groups is 1. The number of hydrogen-bond acceptors (Lipinski definition) is 5. The van der Waals surface area contributed by atoms with Crippen LogP contribution >= 0.6 is 11.3 Å². The summed E-state index contributed by atoms with van der Waals surface area (Å²) in [4.78, 5) is 14.5. The first-order valence-electron chi connectivity index (χ1n) is 6.69. The van der Waals surface area contributed by atoms with Crippen LogP contribution in [0.25, 0.3) is 0 Å². The molecule has 1 unspecified atom stereocenters. The van der Waals surface area contributed by atoms with Crippen LogP contribution in [-0.2, 0) is 6.42 Å². The van der Waals surface area contributed by atoms with E-state index in [0.29, 0.717) is 10.1 Å². The molecular formula is C14H16N4OS. The minimum Gasteiger partial charge on any atom is -0.360 e. The Hall–Kier alpha value is -1.95. The summed E-state index contributed by atoms with van der Waals surface area (Å²) in [6.45, 7) is 4.82. The van der Waals surface area contributed by atoms with E-state index >= 15 is 0 Å². The molecule has 6 heteroatoms. The van der Waals surface area contributed by atoms with E-state index in [4.69, 9.17) is 0 Å². The van der Waals surface area contributed by atoms with Gasteiger partial charge in [0.05, 0.1) is 0 Å². The Kier molecular flexibility index (Phi) is 3.40. The molecule has 0 bridgehead atoms. The number of benzene rings is 1. The number of amides is 1. The van der Waals surface area contributed by atoms with Crippen LogP contribution in [0.15, 0.2) is 24.3 Å². The Morgan fingerprint density at radius 3 is 3.05 bits per heavy atom. The van der Waals surface area contributed by atoms with Crippen LogP contribution in [0.3, 0.4) is 0 Å². The van der Waals surface area contributed by atoms with Gasteiger partial charge in [-0.1, -0.05) is 29.5 Å².